The molecule has 0 aliphatic carbocycles. The number of nitrogens with two attached hydrogens (primary N) is 1. The van der Waals surface area contributed by atoms with E-state index in [1.807, 2.05) is 12.1 Å². The molecule has 130 valence electrons. The van der Waals surface area contributed by atoms with Gasteiger partial charge in [-0.05, 0) is 56.0 Å². The average molecular weight is 334 g/mol. The Morgan fingerprint density at radius 2 is 2.00 bits per heavy atom. The molecule has 4 rings (SSSR count). The van der Waals surface area contributed by atoms with Gasteiger partial charge in [-0.15, -0.1) is 0 Å². The number of benzene rings is 1. The Bertz CT molecular complexity index is 879. The number of imidazole rings is 1. The molecule has 2 N–H and O–H groups in total. The minimum atomic E-state index is 0.773. The van der Waals surface area contributed by atoms with Crippen LogP contribution in [0.5, 0.6) is 0 Å². The van der Waals surface area contributed by atoms with E-state index in [1.54, 1.807) is 0 Å². The van der Waals surface area contributed by atoms with Crippen molar-refractivity contribution in [1.29, 1.82) is 0 Å². The zero-order valence-corrected chi connectivity index (χ0v) is 15.1. The molecule has 1 unspecified atom stereocenters. The second-order valence-electron chi connectivity index (χ2n) is 7.40. The minimum absolute atomic E-state index is 0.773. The molecule has 25 heavy (non-hydrogen) atoms. The maximum absolute atomic E-state index is 5.87. The smallest absolute Gasteiger partial charge is 0.140 e. The van der Waals surface area contributed by atoms with Gasteiger partial charge in [-0.25, -0.2) is 4.98 Å². The first kappa shape index (κ1) is 16.2. The van der Waals surface area contributed by atoms with Gasteiger partial charge in [-0.3, -0.25) is 4.90 Å². The number of nitrogen functional groups attached to an aromatic ring is 1. The first-order valence-corrected chi connectivity index (χ1v) is 9.16. The molecule has 2 aromatic heterocycles. The molecule has 0 spiro atoms. The number of anilines is 1. The number of rotatable bonds is 3. The quantitative estimate of drug-likeness (QED) is 0.733. The van der Waals surface area contributed by atoms with Crippen molar-refractivity contribution >= 4 is 11.3 Å². The van der Waals surface area contributed by atoms with Crippen LogP contribution in [0.15, 0.2) is 42.6 Å². The van der Waals surface area contributed by atoms with Crippen LogP contribution in [0, 0.1) is 12.8 Å². The summed E-state index contributed by atoms with van der Waals surface area (Å²) >= 11 is 0. The van der Waals surface area contributed by atoms with E-state index in [2.05, 4.69) is 53.6 Å². The molecule has 1 fully saturated rings. The zero-order chi connectivity index (χ0) is 17.4. The van der Waals surface area contributed by atoms with Crippen molar-refractivity contribution in [2.75, 3.05) is 18.8 Å². The van der Waals surface area contributed by atoms with E-state index < -0.39 is 0 Å². The van der Waals surface area contributed by atoms with Crippen molar-refractivity contribution in [2.24, 2.45) is 5.92 Å². The summed E-state index contributed by atoms with van der Waals surface area (Å²) in [4.78, 5) is 7.56. The van der Waals surface area contributed by atoms with Crippen LogP contribution in [0.25, 0.3) is 16.9 Å². The Hall–Kier alpha value is -2.33. The number of hydrogen-bond acceptors (Lipinski definition) is 3. The number of nitrogens with zero attached hydrogens (tertiary/aromatic N) is 3. The summed E-state index contributed by atoms with van der Waals surface area (Å²) in [5.41, 5.74) is 12.4. The molecule has 3 heterocycles. The summed E-state index contributed by atoms with van der Waals surface area (Å²) < 4.78 is 2.26. The molecule has 4 nitrogen and oxygen atoms in total. The van der Waals surface area contributed by atoms with E-state index in [9.17, 15) is 0 Å². The fourth-order valence-electron chi connectivity index (χ4n) is 3.92. The molecular formula is C21H26N4. The van der Waals surface area contributed by atoms with Crippen LogP contribution in [0.1, 0.15) is 31.0 Å². The van der Waals surface area contributed by atoms with E-state index in [4.69, 9.17) is 10.7 Å². The number of fused-ring (bicyclic) bond motifs is 1. The second kappa shape index (κ2) is 6.52. The number of aryl methyl sites for hydroxylation is 1. The lowest BCUT2D eigenvalue weighted by Gasteiger charge is -2.30. The highest BCUT2D eigenvalue weighted by atomic mass is 15.2. The van der Waals surface area contributed by atoms with Crippen molar-refractivity contribution in [3.05, 3.63) is 53.9 Å². The Labute approximate surface area is 149 Å². The molecule has 1 atom stereocenters. The summed E-state index contributed by atoms with van der Waals surface area (Å²) in [6.45, 7) is 7.76. The van der Waals surface area contributed by atoms with Gasteiger partial charge in [0.05, 0.1) is 11.4 Å². The number of piperidine rings is 1. The maximum atomic E-state index is 5.87. The molecule has 0 radical (unpaired) electrons. The summed E-state index contributed by atoms with van der Waals surface area (Å²) in [6.07, 6.45) is 4.76. The lowest BCUT2D eigenvalue weighted by molar-refractivity contribution is 0.174. The monoisotopic (exact) mass is 334 g/mol. The van der Waals surface area contributed by atoms with Gasteiger partial charge >= 0.3 is 0 Å². The SMILES string of the molecule is Cc1cccn2c(CN3CCCC(C)C3)c(-c3ccc(N)cc3)nc12. The van der Waals surface area contributed by atoms with E-state index in [1.165, 1.54) is 37.2 Å². The highest BCUT2D eigenvalue weighted by Gasteiger charge is 2.21. The van der Waals surface area contributed by atoms with Crippen molar-refractivity contribution in [1.82, 2.24) is 14.3 Å². The number of likely N-dealkylation sites (tertiary alicyclic amines) is 1. The number of hydrogen-bond donors (Lipinski definition) is 1. The fourth-order valence-corrected chi connectivity index (χ4v) is 3.92. The Balaban J connectivity index is 1.80. The van der Waals surface area contributed by atoms with Gasteiger partial charge in [0.1, 0.15) is 5.65 Å². The first-order chi connectivity index (χ1) is 12.1. The summed E-state index contributed by atoms with van der Waals surface area (Å²) in [6, 6.07) is 12.3. The third-order valence-corrected chi connectivity index (χ3v) is 5.24. The number of pyridine rings is 1. The average Bonchev–Trinajstić information content (AvgIpc) is 2.96. The highest BCUT2D eigenvalue weighted by molar-refractivity contribution is 5.69. The normalized spacial score (nSPS) is 18.7. The Morgan fingerprint density at radius 3 is 2.76 bits per heavy atom. The van der Waals surface area contributed by atoms with Gasteiger partial charge in [0.15, 0.2) is 0 Å². The molecule has 0 amide bonds. The van der Waals surface area contributed by atoms with Crippen molar-refractivity contribution in [3.63, 3.8) is 0 Å². The first-order valence-electron chi connectivity index (χ1n) is 9.16. The van der Waals surface area contributed by atoms with Crippen molar-refractivity contribution < 1.29 is 0 Å². The van der Waals surface area contributed by atoms with Crippen molar-refractivity contribution in [3.8, 4) is 11.3 Å². The summed E-state index contributed by atoms with van der Waals surface area (Å²) in [5.74, 6) is 0.773. The summed E-state index contributed by atoms with van der Waals surface area (Å²) in [7, 11) is 0. The summed E-state index contributed by atoms with van der Waals surface area (Å²) in [5, 5.41) is 0. The van der Waals surface area contributed by atoms with Crippen molar-refractivity contribution in [2.45, 2.75) is 33.2 Å². The molecule has 0 saturated carbocycles. The lowest BCUT2D eigenvalue weighted by Crippen LogP contribution is -2.34. The Morgan fingerprint density at radius 1 is 1.20 bits per heavy atom. The van der Waals surface area contributed by atoms with Crippen LogP contribution in [0.4, 0.5) is 5.69 Å². The number of aromatic nitrogens is 2. The molecule has 1 aliphatic rings. The van der Waals surface area contributed by atoms with E-state index in [-0.39, 0.29) is 0 Å². The third kappa shape index (κ3) is 3.14. The van der Waals surface area contributed by atoms with Gasteiger partial charge in [-0.1, -0.05) is 25.1 Å². The van der Waals surface area contributed by atoms with Crippen LogP contribution < -0.4 is 5.73 Å². The van der Waals surface area contributed by atoms with Gasteiger partial charge in [0.25, 0.3) is 0 Å². The molecular weight excluding hydrogens is 308 g/mol. The molecule has 4 heteroatoms. The van der Waals surface area contributed by atoms with Gasteiger partial charge in [-0.2, -0.15) is 0 Å². The molecule has 3 aromatic rings. The van der Waals surface area contributed by atoms with Crippen LogP contribution >= 0.6 is 0 Å². The highest BCUT2D eigenvalue weighted by Crippen LogP contribution is 2.28. The Kier molecular flexibility index (Phi) is 4.22. The lowest BCUT2D eigenvalue weighted by atomic mass is 10.00. The third-order valence-electron chi connectivity index (χ3n) is 5.24. The molecule has 1 aliphatic heterocycles. The predicted molar refractivity (Wildman–Crippen MR) is 103 cm³/mol. The maximum Gasteiger partial charge on any atom is 0.140 e. The molecule has 1 aromatic carbocycles. The van der Waals surface area contributed by atoms with Crippen LogP contribution in [-0.4, -0.2) is 27.4 Å². The molecule has 0 bridgehead atoms. The predicted octanol–water partition coefficient (Wildman–Crippen LogP) is 4.12. The minimum Gasteiger partial charge on any atom is -0.399 e. The van der Waals surface area contributed by atoms with E-state index in [0.717, 1.165) is 35.1 Å². The second-order valence-corrected chi connectivity index (χ2v) is 7.40. The standard InChI is InChI=1S/C21H26N4/c1-15-5-3-11-24(13-15)14-19-20(17-7-9-18(22)10-8-17)23-21-16(2)6-4-12-25(19)21/h4,6-10,12,15H,3,5,11,13-14,22H2,1-2H3. The van der Waals surface area contributed by atoms with Crippen LogP contribution in [-0.2, 0) is 6.54 Å². The van der Waals surface area contributed by atoms with E-state index >= 15 is 0 Å². The van der Waals surface area contributed by atoms with Crippen LogP contribution in [0.2, 0.25) is 0 Å². The topological polar surface area (TPSA) is 46.6 Å². The van der Waals surface area contributed by atoms with Gasteiger partial charge < -0.3 is 10.1 Å². The van der Waals surface area contributed by atoms with Gasteiger partial charge in [0, 0.05) is 30.5 Å². The van der Waals surface area contributed by atoms with E-state index in [0.29, 0.717) is 0 Å². The largest absolute Gasteiger partial charge is 0.399 e. The molecule has 1 saturated heterocycles. The van der Waals surface area contributed by atoms with Crippen LogP contribution in [0.3, 0.4) is 0 Å². The fraction of sp³-hybridized carbons (Fsp3) is 0.381. The zero-order valence-electron chi connectivity index (χ0n) is 15.1. The van der Waals surface area contributed by atoms with Gasteiger partial charge in [0.2, 0.25) is 0 Å².